The van der Waals surface area contributed by atoms with Gasteiger partial charge in [-0.15, -0.1) is 0 Å². The maximum atomic E-state index is 9.98. The molecule has 0 aliphatic heterocycles. The van der Waals surface area contributed by atoms with Gasteiger partial charge >= 0.3 is 0 Å². The lowest BCUT2D eigenvalue weighted by Gasteiger charge is -2.20. The van der Waals surface area contributed by atoms with E-state index in [0.29, 0.717) is 16.8 Å². The molecule has 2 N–H and O–H groups in total. The molecule has 506 valence electrons. The van der Waals surface area contributed by atoms with Gasteiger partial charge in [0.05, 0.1) is 75.6 Å². The first-order valence-corrected chi connectivity index (χ1v) is 36.3. The lowest BCUT2D eigenvalue weighted by molar-refractivity contribution is 0.466. The highest BCUT2D eigenvalue weighted by Crippen LogP contribution is 2.39. The van der Waals surface area contributed by atoms with Crippen molar-refractivity contribution >= 4 is 165 Å². The molecule has 19 aromatic rings. The normalized spacial score (nSPS) is 11.6. The summed E-state index contributed by atoms with van der Waals surface area (Å²) in [6, 6.07) is 74.8. The summed E-state index contributed by atoms with van der Waals surface area (Å²) in [7, 11) is 0. The zero-order valence-electron chi connectivity index (χ0n) is 56.7. The van der Waals surface area contributed by atoms with Gasteiger partial charge in [-0.25, -0.2) is 29.9 Å². The first-order valence-electron chi connectivity index (χ1n) is 33.3. The number of halogens is 4. The Labute approximate surface area is 628 Å². The van der Waals surface area contributed by atoms with Crippen LogP contribution in [0.25, 0.3) is 122 Å². The Morgan fingerprint density at radius 3 is 1.49 bits per heavy atom. The summed E-state index contributed by atoms with van der Waals surface area (Å²) in [4.78, 5) is 39.3. The molecule has 103 heavy (non-hydrogen) atoms. The third kappa shape index (κ3) is 13.8. The van der Waals surface area contributed by atoms with E-state index in [9.17, 15) is 5.11 Å². The number of hydrogen-bond donors (Lipinski definition) is 2. The van der Waals surface area contributed by atoms with Gasteiger partial charge in [0.15, 0.2) is 0 Å². The van der Waals surface area contributed by atoms with Gasteiger partial charge in [0.1, 0.15) is 43.0 Å². The van der Waals surface area contributed by atoms with E-state index in [0.717, 1.165) is 129 Å². The topological polar surface area (TPSA) is 167 Å². The molecule has 0 atom stereocenters. The number of pyridine rings is 10. The number of aromatic hydroxyl groups is 1. The van der Waals surface area contributed by atoms with Crippen LogP contribution < -0.4 is 4.74 Å². The van der Waals surface area contributed by atoms with Crippen molar-refractivity contribution < 1.29 is 9.84 Å². The second kappa shape index (κ2) is 28.5. The highest BCUT2D eigenvalue weighted by molar-refractivity contribution is 14.1. The number of nitrogens with one attached hydrogen (secondary N) is 1. The minimum atomic E-state index is 0.0126. The number of benzene rings is 4. The predicted octanol–water partition coefficient (Wildman–Crippen LogP) is 22.8. The van der Waals surface area contributed by atoms with Crippen LogP contribution in [0.5, 0.6) is 17.4 Å². The first kappa shape index (κ1) is 67.9. The van der Waals surface area contributed by atoms with Crippen LogP contribution in [-0.4, -0.2) is 67.9 Å². The third-order valence-electron chi connectivity index (χ3n) is 17.8. The van der Waals surface area contributed by atoms with E-state index in [1.54, 1.807) is 18.3 Å². The number of H-pyrrole nitrogens is 1. The second-order valence-corrected chi connectivity index (χ2v) is 29.7. The highest BCUT2D eigenvalue weighted by atomic mass is 127. The van der Waals surface area contributed by atoms with Crippen LogP contribution >= 0.6 is 66.1 Å². The third-order valence-corrected chi connectivity index (χ3v) is 20.2. The summed E-state index contributed by atoms with van der Waals surface area (Å²) in [6.45, 7) is 13.3. The molecule has 0 unspecified atom stereocenters. The number of hydrogen-bond acceptors (Lipinski definition) is 10. The number of fused-ring (bicyclic) bond motifs is 18. The Bertz CT molecular complexity index is 6350. The molecular weight excluding hydrogens is 1550 g/mol. The number of phenolic OH excluding ortho intramolecular Hbond substituents is 1. The molecule has 0 saturated carbocycles. The van der Waals surface area contributed by atoms with E-state index in [2.05, 4.69) is 258 Å². The maximum absolute atomic E-state index is 9.98. The molecule has 15 heterocycles. The lowest BCUT2D eigenvalue weighted by Crippen LogP contribution is -2.12. The molecule has 0 spiro atoms. The van der Waals surface area contributed by atoms with E-state index in [1.807, 2.05) is 147 Å². The van der Waals surface area contributed by atoms with Crippen molar-refractivity contribution in [3.63, 3.8) is 0 Å². The van der Waals surface area contributed by atoms with E-state index >= 15 is 0 Å². The number of phenols is 1. The lowest BCUT2D eigenvalue weighted by atomic mass is 9.88. The number of para-hydroxylation sites is 2. The van der Waals surface area contributed by atoms with Crippen LogP contribution in [0.3, 0.4) is 0 Å². The molecule has 15 nitrogen and oxygen atoms in total. The van der Waals surface area contributed by atoms with Gasteiger partial charge in [-0.05, 0) is 240 Å². The smallest absolute Gasteiger partial charge is 0.219 e. The molecule has 0 aliphatic rings. The fourth-order valence-electron chi connectivity index (χ4n) is 12.9. The zero-order valence-corrected chi connectivity index (χ0v) is 62.8. The summed E-state index contributed by atoms with van der Waals surface area (Å²) in [6.07, 6.45) is 15.0. The zero-order chi connectivity index (χ0) is 71.1. The average Bonchev–Trinajstić information content (AvgIpc) is 1.69. The molecule has 19 rings (SSSR count). The van der Waals surface area contributed by atoms with Crippen molar-refractivity contribution in [2.45, 2.75) is 52.4 Å². The number of rotatable bonds is 5. The number of nitrogens with zero attached hydrogens (tertiary/aromatic N) is 12. The quantitative estimate of drug-likeness (QED) is 0.0962. The molecule has 0 aliphatic carbocycles. The van der Waals surface area contributed by atoms with Crippen LogP contribution in [0.4, 0.5) is 0 Å². The van der Waals surface area contributed by atoms with Gasteiger partial charge in [-0.2, -0.15) is 0 Å². The highest BCUT2D eigenvalue weighted by Gasteiger charge is 2.21. The summed E-state index contributed by atoms with van der Waals surface area (Å²) in [5, 5.41) is 17.2. The molecule has 19 heteroatoms. The maximum Gasteiger partial charge on any atom is 0.219 e. The van der Waals surface area contributed by atoms with Crippen LogP contribution in [0.1, 0.15) is 52.7 Å². The van der Waals surface area contributed by atoms with Gasteiger partial charge in [-0.1, -0.05) is 95.6 Å². The van der Waals surface area contributed by atoms with Crippen molar-refractivity contribution in [2.24, 2.45) is 0 Å². The van der Waals surface area contributed by atoms with Crippen molar-refractivity contribution in [2.75, 3.05) is 0 Å². The summed E-state index contributed by atoms with van der Waals surface area (Å²) < 4.78 is 17.7. The molecule has 0 fully saturated rings. The SMILES string of the molecule is Brc1ccc2c3ncccc3n3cccc3c2n1.Brc1cccc(-c2ccc[nH]2)n1.CC(C)(C)c1ccnc(-n2c3ccccc3c3ccc(O)cc32)c1.CC(C)(C)c1ccnc(-n2c3ccccc3c3ccc(Oc4ccc5c6ncccc6n6cccc6c5n4)cc32)c1.Clc1ncccc1I. The Hall–Kier alpha value is -10.9. The number of ether oxygens (including phenoxy) is 1. The van der Waals surface area contributed by atoms with E-state index in [4.69, 9.17) is 26.3 Å². The standard InChI is InChI=1S/C35H27N5O.C21H20N2O.C14H8BrN3.C9H7BrN2.C5H3ClIN/c1-35(2,3)22-16-18-36-31(20-22)40-27-9-5-4-8-24(27)25-13-12-23(21-30(25)40)41-32-15-14-26-33-28(10-6-17-37-33)39-19-7-11-29(39)34(26)38-32;1-21(2,3)14-10-11-22-20(12-14)23-18-7-5-4-6-16(18)17-9-8-15(24)13-19(17)23;15-12-6-5-9-13-10(3-1-7-16-13)18-8-2-4-11(18)14(9)17-12;10-9-5-1-3-8(12-9)7-4-2-6-11-7;6-5-4(7)2-1-3-8-5/h4-21H,1-3H3;4-13,24H,1-3H3;1-8H;1-6,11H;1-3H. The summed E-state index contributed by atoms with van der Waals surface area (Å²) in [5.41, 5.74) is 16.7. The Morgan fingerprint density at radius 1 is 0.417 bits per heavy atom. The molecule has 0 radical (unpaired) electrons. The Morgan fingerprint density at radius 2 is 0.922 bits per heavy atom. The second-order valence-electron chi connectivity index (χ2n) is 26.5. The fourth-order valence-corrected chi connectivity index (χ4v) is 14.0. The van der Waals surface area contributed by atoms with Crippen molar-refractivity contribution in [1.82, 2.24) is 62.8 Å². The van der Waals surface area contributed by atoms with Gasteiger partial charge in [0.2, 0.25) is 5.88 Å². The largest absolute Gasteiger partial charge is 0.508 e. The van der Waals surface area contributed by atoms with E-state index < -0.39 is 0 Å². The van der Waals surface area contributed by atoms with E-state index in [-0.39, 0.29) is 16.6 Å². The molecule has 15 aromatic heterocycles. The first-order chi connectivity index (χ1) is 49.9. The summed E-state index contributed by atoms with van der Waals surface area (Å²) in [5.74, 6) is 3.27. The Kier molecular flexibility index (Phi) is 18.8. The van der Waals surface area contributed by atoms with Crippen molar-refractivity contribution in [3.8, 4) is 40.4 Å². The molecule has 0 amide bonds. The molecule has 4 aromatic carbocycles. The number of aromatic nitrogens is 13. The summed E-state index contributed by atoms with van der Waals surface area (Å²) >= 11 is 14.5. The van der Waals surface area contributed by atoms with Crippen LogP contribution in [0, 0.1) is 3.57 Å². The predicted molar refractivity (Wildman–Crippen MR) is 434 cm³/mol. The minimum Gasteiger partial charge on any atom is -0.508 e. The average molecular weight is 1610 g/mol. The van der Waals surface area contributed by atoms with Gasteiger partial charge < -0.3 is 23.6 Å². The molecule has 0 saturated heterocycles. The van der Waals surface area contributed by atoms with Crippen LogP contribution in [0.15, 0.2) is 283 Å². The minimum absolute atomic E-state index is 0.0126. The van der Waals surface area contributed by atoms with Crippen LogP contribution in [0.2, 0.25) is 5.15 Å². The Balaban J connectivity index is 0.000000116. The molecular formula is C84H65Br2ClIN13O2. The van der Waals surface area contributed by atoms with Gasteiger partial charge in [0.25, 0.3) is 0 Å². The number of aromatic amines is 1. The van der Waals surface area contributed by atoms with Gasteiger partial charge in [0, 0.05) is 100 Å². The van der Waals surface area contributed by atoms with E-state index in [1.165, 1.54) is 16.5 Å². The monoisotopic (exact) mass is 1610 g/mol. The van der Waals surface area contributed by atoms with Crippen molar-refractivity contribution in [3.05, 3.63) is 303 Å². The molecule has 0 bridgehead atoms. The van der Waals surface area contributed by atoms with Crippen molar-refractivity contribution in [1.29, 1.82) is 0 Å². The fraction of sp³-hybridized carbons (Fsp3) is 0.0952. The van der Waals surface area contributed by atoms with Gasteiger partial charge in [-0.3, -0.25) is 19.1 Å². The van der Waals surface area contributed by atoms with Crippen LogP contribution in [-0.2, 0) is 10.8 Å².